The van der Waals surface area contributed by atoms with Gasteiger partial charge in [0.25, 0.3) is 0 Å². The average Bonchev–Trinajstić information content (AvgIpc) is 3.66. The highest BCUT2D eigenvalue weighted by atomic mass is 32.1. The van der Waals surface area contributed by atoms with E-state index in [1.165, 1.54) is 64.8 Å². The molecule has 0 atom stereocenters. The maximum absolute atomic E-state index is 5.42. The van der Waals surface area contributed by atoms with Crippen molar-refractivity contribution in [3.8, 4) is 22.3 Å². The second-order valence-corrected chi connectivity index (χ2v) is 15.7. The van der Waals surface area contributed by atoms with E-state index in [0.29, 0.717) is 0 Å². The molecule has 2 aliphatic rings. The molecule has 0 aliphatic carbocycles. The van der Waals surface area contributed by atoms with Gasteiger partial charge in [0.2, 0.25) is 0 Å². The van der Waals surface area contributed by atoms with Crippen LogP contribution in [0.1, 0.15) is 30.9 Å². The Bertz CT molecular complexity index is 2860. The molecule has 0 saturated carbocycles. The van der Waals surface area contributed by atoms with E-state index in [1.807, 2.05) is 11.3 Å². The number of anilines is 4. The molecule has 3 heterocycles. The van der Waals surface area contributed by atoms with Crippen LogP contribution in [0.3, 0.4) is 0 Å². The highest BCUT2D eigenvalue weighted by Crippen LogP contribution is 2.41. The van der Waals surface area contributed by atoms with E-state index >= 15 is 0 Å². The van der Waals surface area contributed by atoms with Crippen LogP contribution in [-0.4, -0.2) is 12.4 Å². The summed E-state index contributed by atoms with van der Waals surface area (Å²) in [7, 11) is 0. The van der Waals surface area contributed by atoms with Crippen molar-refractivity contribution in [1.29, 1.82) is 0 Å². The number of aliphatic imine (C=N–C) groups is 1. The lowest BCUT2D eigenvalue weighted by Gasteiger charge is -2.30. The molecule has 0 saturated heterocycles. The van der Waals surface area contributed by atoms with Crippen molar-refractivity contribution in [3.05, 3.63) is 205 Å². The van der Waals surface area contributed by atoms with E-state index in [9.17, 15) is 0 Å². The number of hydrogen-bond donors (Lipinski definition) is 0. The van der Waals surface area contributed by atoms with Crippen molar-refractivity contribution in [1.82, 2.24) is 0 Å². The predicted octanol–water partition coefficient (Wildman–Crippen LogP) is 14.9. The summed E-state index contributed by atoms with van der Waals surface area (Å²) in [4.78, 5) is 10.2. The van der Waals surface area contributed by atoms with E-state index in [1.54, 1.807) is 0 Å². The van der Waals surface area contributed by atoms with Gasteiger partial charge in [-0.3, -0.25) is 0 Å². The van der Waals surface area contributed by atoms with E-state index in [4.69, 9.17) is 4.99 Å². The topological polar surface area (TPSA) is 18.8 Å². The van der Waals surface area contributed by atoms with Crippen LogP contribution in [0.5, 0.6) is 0 Å². The van der Waals surface area contributed by atoms with Crippen LogP contribution in [-0.2, 0) is 0 Å². The Hall–Kier alpha value is -6.75. The van der Waals surface area contributed by atoms with Gasteiger partial charge in [0.1, 0.15) is 5.84 Å². The molecule has 0 N–H and O–H groups in total. The number of benzene rings is 7. The van der Waals surface area contributed by atoms with Gasteiger partial charge >= 0.3 is 0 Å². The monoisotopic (exact) mass is 751 g/mol. The Kier molecular flexibility index (Phi) is 9.17. The number of para-hydroxylation sites is 1. The minimum Gasteiger partial charge on any atom is -0.325 e. The minimum atomic E-state index is 0.770. The van der Waals surface area contributed by atoms with Crippen LogP contribution in [0, 0.1) is 0 Å². The lowest BCUT2D eigenvalue weighted by molar-refractivity contribution is 0.994. The second kappa shape index (κ2) is 15.1. The summed E-state index contributed by atoms with van der Waals surface area (Å²) in [5.41, 5.74) is 14.1. The van der Waals surface area contributed by atoms with Gasteiger partial charge in [-0.05, 0) is 95.8 Å². The van der Waals surface area contributed by atoms with Crippen molar-refractivity contribution >= 4 is 71.4 Å². The van der Waals surface area contributed by atoms with Crippen LogP contribution in [0.15, 0.2) is 199 Å². The van der Waals surface area contributed by atoms with Crippen molar-refractivity contribution in [3.63, 3.8) is 0 Å². The van der Waals surface area contributed by atoms with Gasteiger partial charge in [0.05, 0.1) is 5.70 Å². The second-order valence-electron chi connectivity index (χ2n) is 14.7. The summed E-state index contributed by atoms with van der Waals surface area (Å²) < 4.78 is 2.63. The Morgan fingerprint density at radius 2 is 1.21 bits per heavy atom. The first-order valence-electron chi connectivity index (χ1n) is 19.7. The minimum absolute atomic E-state index is 0.770. The lowest BCUT2D eigenvalue weighted by atomic mass is 9.95. The quantitative estimate of drug-likeness (QED) is 0.168. The van der Waals surface area contributed by atoms with Gasteiger partial charge in [-0.25, -0.2) is 4.99 Å². The highest BCUT2D eigenvalue weighted by molar-refractivity contribution is 7.26. The smallest absolute Gasteiger partial charge is 0.110 e. The number of rotatable bonds is 6. The maximum atomic E-state index is 5.42. The third-order valence-electron chi connectivity index (χ3n) is 11.1. The predicted molar refractivity (Wildman–Crippen MR) is 246 cm³/mol. The molecule has 0 radical (unpaired) electrons. The van der Waals surface area contributed by atoms with E-state index in [0.717, 1.165) is 48.0 Å². The zero-order valence-electron chi connectivity index (χ0n) is 31.8. The first kappa shape index (κ1) is 34.7. The molecule has 0 bridgehead atoms. The van der Waals surface area contributed by atoms with Gasteiger partial charge in [-0.2, -0.15) is 0 Å². The number of thiophene rings is 1. The number of allylic oxidation sites excluding steroid dienone is 4. The summed E-state index contributed by atoms with van der Waals surface area (Å²) in [5.74, 6) is 1.11. The first-order chi connectivity index (χ1) is 28.2. The largest absolute Gasteiger partial charge is 0.325 e. The molecule has 0 fully saturated rings. The van der Waals surface area contributed by atoms with Gasteiger partial charge in [-0.1, -0.05) is 140 Å². The van der Waals surface area contributed by atoms with Crippen LogP contribution in [0.4, 0.5) is 22.7 Å². The number of nitrogens with zero attached hydrogens (tertiary/aromatic N) is 3. The molecule has 0 unspecified atom stereocenters. The van der Waals surface area contributed by atoms with E-state index < -0.39 is 0 Å². The molecule has 1 aromatic heterocycles. The molecule has 10 rings (SSSR count). The SMILES string of the molecule is C/C1=C\C=C/CN(C2=NC(c3cccc4c3sc3ccccc34)=CCC2)c2ccc(-c3ccc(N(c4ccccc4)c4ccc(-c5ccccc5)cc4)cc3)cc21. The first-order valence-corrected chi connectivity index (χ1v) is 20.5. The molecule has 7 aromatic carbocycles. The molecular formula is C53H41N3S. The fourth-order valence-electron chi connectivity index (χ4n) is 8.23. The van der Waals surface area contributed by atoms with E-state index in [2.05, 4.69) is 211 Å². The number of fused-ring (bicyclic) bond motifs is 4. The molecule has 274 valence electrons. The third kappa shape index (κ3) is 6.68. The van der Waals surface area contributed by atoms with Gasteiger partial charge in [-0.15, -0.1) is 11.3 Å². The lowest BCUT2D eigenvalue weighted by Crippen LogP contribution is -2.33. The van der Waals surface area contributed by atoms with Crippen LogP contribution in [0.25, 0.3) is 53.7 Å². The normalized spacial score (nSPS) is 15.5. The molecule has 2 aliphatic heterocycles. The third-order valence-corrected chi connectivity index (χ3v) is 12.4. The summed E-state index contributed by atoms with van der Waals surface area (Å²) in [6.45, 7) is 2.99. The zero-order chi connectivity index (χ0) is 38.1. The molecule has 57 heavy (non-hydrogen) atoms. The van der Waals surface area contributed by atoms with Crippen molar-refractivity contribution in [2.75, 3.05) is 16.3 Å². The van der Waals surface area contributed by atoms with Crippen molar-refractivity contribution in [2.45, 2.75) is 19.8 Å². The van der Waals surface area contributed by atoms with Crippen molar-refractivity contribution < 1.29 is 0 Å². The van der Waals surface area contributed by atoms with Crippen LogP contribution < -0.4 is 9.80 Å². The highest BCUT2D eigenvalue weighted by Gasteiger charge is 2.23. The molecule has 0 amide bonds. The van der Waals surface area contributed by atoms with Gasteiger partial charge < -0.3 is 9.80 Å². The van der Waals surface area contributed by atoms with Gasteiger partial charge in [0, 0.05) is 67.0 Å². The summed E-state index contributed by atoms with van der Waals surface area (Å²) >= 11 is 1.87. The molecular weight excluding hydrogens is 711 g/mol. The molecule has 8 aromatic rings. The Morgan fingerprint density at radius 3 is 1.98 bits per heavy atom. The van der Waals surface area contributed by atoms with Crippen LogP contribution >= 0.6 is 11.3 Å². The summed E-state index contributed by atoms with van der Waals surface area (Å²) in [6.07, 6.45) is 10.9. The Balaban J connectivity index is 0.973. The standard InChI is InChI=1S/C53H41N3S/c1-37-14-10-11-35-55(52-24-13-22-49(54-52)47-21-12-20-46-45-19-8-9-23-51(45)57-53(46)47)50-34-29-41(36-48(37)50)40-27-32-44(33-28-40)56(42-17-6-3-7-18-42)43-30-25-39(26-31-43)38-15-4-2-5-16-38/h2-12,14-23,25-34,36H,13,24,35H2,1H3/b11-10-,37-14+. The fourth-order valence-corrected chi connectivity index (χ4v) is 9.46. The maximum Gasteiger partial charge on any atom is 0.110 e. The summed E-state index contributed by atoms with van der Waals surface area (Å²) in [6, 6.07) is 61.3. The Labute approximate surface area is 338 Å². The Morgan fingerprint density at radius 1 is 0.579 bits per heavy atom. The van der Waals surface area contributed by atoms with E-state index in [-0.39, 0.29) is 0 Å². The average molecular weight is 752 g/mol. The fraction of sp³-hybridized carbons (Fsp3) is 0.0755. The van der Waals surface area contributed by atoms with Gasteiger partial charge in [0.15, 0.2) is 0 Å². The molecule has 3 nitrogen and oxygen atoms in total. The number of amidine groups is 1. The number of hydrogen-bond acceptors (Lipinski definition) is 4. The van der Waals surface area contributed by atoms with Crippen molar-refractivity contribution in [2.24, 2.45) is 4.99 Å². The zero-order valence-corrected chi connectivity index (χ0v) is 32.7. The molecule has 0 spiro atoms. The van der Waals surface area contributed by atoms with Crippen LogP contribution in [0.2, 0.25) is 0 Å². The molecule has 4 heteroatoms. The summed E-state index contributed by atoms with van der Waals surface area (Å²) in [5, 5.41) is 2.63.